The van der Waals surface area contributed by atoms with Crippen LogP contribution >= 0.6 is 0 Å². The Hall–Kier alpha value is -1.40. The summed E-state index contributed by atoms with van der Waals surface area (Å²) >= 11 is 0. The van der Waals surface area contributed by atoms with Gasteiger partial charge in [-0.2, -0.15) is 0 Å². The highest BCUT2D eigenvalue weighted by Gasteiger charge is 2.32. The van der Waals surface area contributed by atoms with Gasteiger partial charge in [0.15, 0.2) is 0 Å². The Kier molecular flexibility index (Phi) is 4.93. The number of nitrogens with zero attached hydrogens (tertiary/aromatic N) is 1. The molecule has 0 bridgehead atoms. The van der Waals surface area contributed by atoms with Gasteiger partial charge in [-0.1, -0.05) is 0 Å². The van der Waals surface area contributed by atoms with E-state index >= 15 is 0 Å². The molecule has 0 aliphatic heterocycles. The van der Waals surface area contributed by atoms with E-state index in [9.17, 15) is 9.90 Å². The predicted octanol–water partition coefficient (Wildman–Crippen LogP) is 0.244. The Morgan fingerprint density at radius 2 is 2.47 bits per heavy atom. The molecular weight excluding hydrogens is 246 g/mol. The van der Waals surface area contributed by atoms with Crippen LogP contribution in [0.15, 0.2) is 12.5 Å². The van der Waals surface area contributed by atoms with Crippen LogP contribution in [0.2, 0.25) is 0 Å². The summed E-state index contributed by atoms with van der Waals surface area (Å²) in [6.07, 6.45) is 5.39. The van der Waals surface area contributed by atoms with Crippen LogP contribution in [0.4, 0.5) is 0 Å². The molecule has 106 valence electrons. The summed E-state index contributed by atoms with van der Waals surface area (Å²) in [4.78, 5) is 18.9. The third-order valence-electron chi connectivity index (χ3n) is 3.68. The number of hydrogen-bond acceptors (Lipinski definition) is 4. The summed E-state index contributed by atoms with van der Waals surface area (Å²) < 4.78 is 5.20. The van der Waals surface area contributed by atoms with Crippen molar-refractivity contribution < 1.29 is 14.6 Å². The molecule has 0 saturated heterocycles. The smallest absolute Gasteiger partial charge is 0.223 e. The SMILES string of the molecule is CO[C@@H]1C[C@H](C(=O)NCCc2cnc[nH]2)CC[C@@H]1O. The lowest BCUT2D eigenvalue weighted by Gasteiger charge is -2.31. The zero-order chi connectivity index (χ0) is 13.7. The lowest BCUT2D eigenvalue weighted by Crippen LogP contribution is -2.41. The van der Waals surface area contributed by atoms with Crippen LogP contribution in [0.25, 0.3) is 0 Å². The molecule has 1 aromatic heterocycles. The number of carbonyl (C=O) groups is 1. The molecule has 3 N–H and O–H groups in total. The van der Waals surface area contributed by atoms with Crippen LogP contribution in [0, 0.1) is 5.92 Å². The van der Waals surface area contributed by atoms with Crippen molar-refractivity contribution in [1.29, 1.82) is 0 Å². The topological polar surface area (TPSA) is 87.2 Å². The van der Waals surface area contributed by atoms with Crippen LogP contribution in [0.1, 0.15) is 25.0 Å². The van der Waals surface area contributed by atoms with Gasteiger partial charge in [0, 0.05) is 37.9 Å². The van der Waals surface area contributed by atoms with Gasteiger partial charge < -0.3 is 20.1 Å². The van der Waals surface area contributed by atoms with Crippen molar-refractivity contribution in [2.75, 3.05) is 13.7 Å². The van der Waals surface area contributed by atoms with Crippen molar-refractivity contribution in [3.8, 4) is 0 Å². The summed E-state index contributed by atoms with van der Waals surface area (Å²) in [5, 5.41) is 12.6. The standard InChI is InChI=1S/C13H21N3O3/c1-19-12-6-9(2-3-11(12)17)13(18)15-5-4-10-7-14-8-16-10/h7-9,11-12,17H,2-6H2,1H3,(H,14,16)(H,15,18)/t9-,11+,12-/m1/s1. The number of H-pyrrole nitrogens is 1. The predicted molar refractivity (Wildman–Crippen MR) is 69.4 cm³/mol. The molecule has 0 spiro atoms. The van der Waals surface area contributed by atoms with Crippen LogP contribution in [-0.2, 0) is 16.0 Å². The highest BCUT2D eigenvalue weighted by Crippen LogP contribution is 2.26. The number of aromatic amines is 1. The average Bonchev–Trinajstić information content (AvgIpc) is 2.92. The van der Waals surface area contributed by atoms with Crippen molar-refractivity contribution in [3.63, 3.8) is 0 Å². The third-order valence-corrected chi connectivity index (χ3v) is 3.68. The van der Waals surface area contributed by atoms with Crippen molar-refractivity contribution >= 4 is 5.91 Å². The molecule has 0 radical (unpaired) electrons. The van der Waals surface area contributed by atoms with Gasteiger partial charge in [0.25, 0.3) is 0 Å². The monoisotopic (exact) mass is 267 g/mol. The minimum Gasteiger partial charge on any atom is -0.390 e. The fourth-order valence-corrected chi connectivity index (χ4v) is 2.49. The van der Waals surface area contributed by atoms with E-state index in [1.54, 1.807) is 19.6 Å². The number of amides is 1. The first-order valence-corrected chi connectivity index (χ1v) is 6.66. The number of hydrogen-bond donors (Lipinski definition) is 3. The van der Waals surface area contributed by atoms with E-state index in [2.05, 4.69) is 15.3 Å². The molecule has 1 aromatic rings. The number of aliphatic hydroxyl groups is 1. The first-order valence-electron chi connectivity index (χ1n) is 6.66. The van der Waals surface area contributed by atoms with E-state index in [4.69, 9.17) is 4.74 Å². The fraction of sp³-hybridized carbons (Fsp3) is 0.692. The number of imidazole rings is 1. The second-order valence-corrected chi connectivity index (χ2v) is 4.97. The van der Waals surface area contributed by atoms with Crippen molar-refractivity contribution in [2.24, 2.45) is 5.92 Å². The molecular formula is C13H21N3O3. The van der Waals surface area contributed by atoms with Gasteiger partial charge in [-0.15, -0.1) is 0 Å². The number of rotatable bonds is 5. The van der Waals surface area contributed by atoms with Gasteiger partial charge in [0.2, 0.25) is 5.91 Å². The van der Waals surface area contributed by atoms with Crippen LogP contribution in [0.3, 0.4) is 0 Å². The maximum atomic E-state index is 12.0. The minimum atomic E-state index is -0.445. The maximum absolute atomic E-state index is 12.0. The van der Waals surface area contributed by atoms with Gasteiger partial charge in [0.1, 0.15) is 0 Å². The Bertz CT molecular complexity index is 394. The molecule has 0 aromatic carbocycles. The Morgan fingerprint density at radius 3 is 3.16 bits per heavy atom. The summed E-state index contributed by atoms with van der Waals surface area (Å²) in [6.45, 7) is 0.595. The van der Waals surface area contributed by atoms with Gasteiger partial charge in [-0.05, 0) is 19.3 Å². The molecule has 19 heavy (non-hydrogen) atoms. The zero-order valence-corrected chi connectivity index (χ0v) is 11.1. The summed E-state index contributed by atoms with van der Waals surface area (Å²) in [5.74, 6) is -0.0106. The van der Waals surface area contributed by atoms with Crippen LogP contribution < -0.4 is 5.32 Å². The molecule has 1 fully saturated rings. The average molecular weight is 267 g/mol. The minimum absolute atomic E-state index is 0.0495. The van der Waals surface area contributed by atoms with E-state index in [1.807, 2.05) is 0 Å². The summed E-state index contributed by atoms with van der Waals surface area (Å²) in [7, 11) is 1.58. The van der Waals surface area contributed by atoms with Gasteiger partial charge in [-0.25, -0.2) is 4.98 Å². The normalized spacial score (nSPS) is 27.2. The number of nitrogens with one attached hydrogen (secondary N) is 2. The van der Waals surface area contributed by atoms with E-state index < -0.39 is 6.10 Å². The van der Waals surface area contributed by atoms with Crippen molar-refractivity contribution in [1.82, 2.24) is 15.3 Å². The Balaban J connectivity index is 1.73. The molecule has 1 aliphatic carbocycles. The van der Waals surface area contributed by atoms with E-state index in [0.717, 1.165) is 18.5 Å². The fourth-order valence-electron chi connectivity index (χ4n) is 2.49. The van der Waals surface area contributed by atoms with E-state index in [-0.39, 0.29) is 17.9 Å². The van der Waals surface area contributed by atoms with Gasteiger partial charge in [0.05, 0.1) is 18.5 Å². The quantitative estimate of drug-likeness (QED) is 0.713. The zero-order valence-electron chi connectivity index (χ0n) is 11.1. The lowest BCUT2D eigenvalue weighted by atomic mass is 9.84. The maximum Gasteiger partial charge on any atom is 0.223 e. The highest BCUT2D eigenvalue weighted by molar-refractivity contribution is 5.78. The highest BCUT2D eigenvalue weighted by atomic mass is 16.5. The number of aromatic nitrogens is 2. The van der Waals surface area contributed by atoms with Crippen molar-refractivity contribution in [2.45, 2.75) is 37.9 Å². The number of methoxy groups -OCH3 is 1. The first-order chi connectivity index (χ1) is 9.20. The van der Waals surface area contributed by atoms with Crippen molar-refractivity contribution in [3.05, 3.63) is 18.2 Å². The molecule has 1 amide bonds. The molecule has 3 atom stereocenters. The lowest BCUT2D eigenvalue weighted by molar-refractivity contribution is -0.130. The molecule has 6 nitrogen and oxygen atoms in total. The molecule has 1 heterocycles. The summed E-state index contributed by atoms with van der Waals surface area (Å²) in [5.41, 5.74) is 1.01. The number of ether oxygens (including phenoxy) is 1. The Morgan fingerprint density at radius 1 is 1.63 bits per heavy atom. The Labute approximate surface area is 112 Å². The second-order valence-electron chi connectivity index (χ2n) is 4.97. The number of aliphatic hydroxyl groups excluding tert-OH is 1. The molecule has 0 unspecified atom stereocenters. The van der Waals surface area contributed by atoms with E-state index in [1.165, 1.54) is 0 Å². The van der Waals surface area contributed by atoms with Gasteiger partial charge in [-0.3, -0.25) is 4.79 Å². The molecule has 1 saturated carbocycles. The summed E-state index contributed by atoms with van der Waals surface area (Å²) in [6, 6.07) is 0. The van der Waals surface area contributed by atoms with E-state index in [0.29, 0.717) is 19.4 Å². The largest absolute Gasteiger partial charge is 0.390 e. The van der Waals surface area contributed by atoms with Crippen LogP contribution in [0.5, 0.6) is 0 Å². The number of carbonyl (C=O) groups excluding carboxylic acids is 1. The first kappa shape index (κ1) is 14.0. The second kappa shape index (κ2) is 6.68. The van der Waals surface area contributed by atoms with Gasteiger partial charge >= 0.3 is 0 Å². The molecule has 6 heteroatoms. The molecule has 2 rings (SSSR count). The third kappa shape index (κ3) is 3.78. The molecule has 1 aliphatic rings. The van der Waals surface area contributed by atoms with Crippen LogP contribution in [-0.4, -0.2) is 46.8 Å².